The molecular formula is C13H18N2O2. The summed E-state index contributed by atoms with van der Waals surface area (Å²) in [6.07, 6.45) is 2.09. The number of likely N-dealkylation sites (tertiary alicyclic amines) is 1. The molecule has 1 fully saturated rings. The van der Waals surface area contributed by atoms with Gasteiger partial charge in [-0.15, -0.1) is 0 Å². The van der Waals surface area contributed by atoms with E-state index in [0.717, 1.165) is 24.9 Å². The van der Waals surface area contributed by atoms with Crippen LogP contribution in [0.3, 0.4) is 0 Å². The van der Waals surface area contributed by atoms with Crippen molar-refractivity contribution in [3.63, 3.8) is 0 Å². The molecule has 1 aliphatic heterocycles. The predicted octanol–water partition coefficient (Wildman–Crippen LogP) is 2.20. The molecule has 1 aliphatic rings. The van der Waals surface area contributed by atoms with E-state index in [0.29, 0.717) is 19.0 Å². The van der Waals surface area contributed by atoms with Crippen LogP contribution in [0.15, 0.2) is 24.3 Å². The highest BCUT2D eigenvalue weighted by Gasteiger charge is 2.22. The van der Waals surface area contributed by atoms with Gasteiger partial charge in [0, 0.05) is 18.8 Å². The second-order valence-electron chi connectivity index (χ2n) is 4.66. The van der Waals surface area contributed by atoms with Gasteiger partial charge in [0.15, 0.2) is 0 Å². The molecule has 3 N–H and O–H groups in total. The third-order valence-electron chi connectivity index (χ3n) is 3.36. The fourth-order valence-electron chi connectivity index (χ4n) is 2.38. The molecule has 0 radical (unpaired) electrons. The van der Waals surface area contributed by atoms with Crippen LogP contribution < -0.4 is 5.73 Å². The largest absolute Gasteiger partial charge is 0.465 e. The van der Waals surface area contributed by atoms with Crippen LogP contribution in [0.2, 0.25) is 0 Å². The fourth-order valence-corrected chi connectivity index (χ4v) is 2.38. The Hall–Kier alpha value is -1.71. The Morgan fingerprint density at radius 2 is 2.12 bits per heavy atom. The highest BCUT2D eigenvalue weighted by molar-refractivity contribution is 5.64. The zero-order chi connectivity index (χ0) is 12.3. The maximum atomic E-state index is 10.8. The van der Waals surface area contributed by atoms with Gasteiger partial charge in [-0.1, -0.05) is 12.1 Å². The summed E-state index contributed by atoms with van der Waals surface area (Å²) < 4.78 is 0. The molecule has 1 aromatic rings. The Morgan fingerprint density at radius 3 is 2.71 bits per heavy atom. The van der Waals surface area contributed by atoms with Gasteiger partial charge in [0.25, 0.3) is 0 Å². The van der Waals surface area contributed by atoms with E-state index < -0.39 is 6.09 Å². The van der Waals surface area contributed by atoms with E-state index in [1.165, 1.54) is 10.5 Å². The van der Waals surface area contributed by atoms with Gasteiger partial charge in [0.1, 0.15) is 0 Å². The van der Waals surface area contributed by atoms with Crippen molar-refractivity contribution in [2.75, 3.05) is 18.8 Å². The average molecular weight is 234 g/mol. The van der Waals surface area contributed by atoms with Crippen LogP contribution in [0, 0.1) is 5.92 Å². The monoisotopic (exact) mass is 234 g/mol. The first-order valence-electron chi connectivity index (χ1n) is 5.97. The van der Waals surface area contributed by atoms with Crippen molar-refractivity contribution in [1.82, 2.24) is 4.90 Å². The Balaban J connectivity index is 1.88. The number of benzene rings is 1. The van der Waals surface area contributed by atoms with Crippen molar-refractivity contribution in [3.8, 4) is 0 Å². The number of nitrogens with zero attached hydrogens (tertiary/aromatic N) is 1. The lowest BCUT2D eigenvalue weighted by Crippen LogP contribution is -2.37. The zero-order valence-electron chi connectivity index (χ0n) is 9.80. The van der Waals surface area contributed by atoms with E-state index >= 15 is 0 Å². The fraction of sp³-hybridized carbons (Fsp3) is 0.462. The molecule has 1 saturated heterocycles. The standard InChI is InChI=1S/C13H18N2O2/c14-12-3-1-2-11(9-12)8-10-4-6-15(7-5-10)13(16)17/h1-3,9-10H,4-8,14H2,(H,16,17). The summed E-state index contributed by atoms with van der Waals surface area (Å²) in [6.45, 7) is 1.31. The average Bonchev–Trinajstić information content (AvgIpc) is 2.29. The molecule has 1 aromatic carbocycles. The van der Waals surface area contributed by atoms with Gasteiger partial charge in [-0.2, -0.15) is 0 Å². The van der Waals surface area contributed by atoms with Crippen molar-refractivity contribution in [2.24, 2.45) is 5.92 Å². The highest BCUT2D eigenvalue weighted by atomic mass is 16.4. The van der Waals surface area contributed by atoms with Crippen molar-refractivity contribution in [2.45, 2.75) is 19.3 Å². The number of carbonyl (C=O) groups is 1. The van der Waals surface area contributed by atoms with Crippen LogP contribution in [0.4, 0.5) is 10.5 Å². The molecule has 0 aliphatic carbocycles. The molecule has 0 spiro atoms. The number of nitrogens with two attached hydrogens (primary N) is 1. The quantitative estimate of drug-likeness (QED) is 0.771. The van der Waals surface area contributed by atoms with Crippen molar-refractivity contribution >= 4 is 11.8 Å². The predicted molar refractivity (Wildman–Crippen MR) is 66.9 cm³/mol. The van der Waals surface area contributed by atoms with E-state index in [1.807, 2.05) is 18.2 Å². The molecule has 0 bridgehead atoms. The SMILES string of the molecule is Nc1cccc(CC2CCN(C(=O)O)CC2)c1. The van der Waals surface area contributed by atoms with Crippen LogP contribution in [-0.2, 0) is 6.42 Å². The van der Waals surface area contributed by atoms with Crippen LogP contribution >= 0.6 is 0 Å². The lowest BCUT2D eigenvalue weighted by atomic mass is 9.90. The molecule has 1 heterocycles. The van der Waals surface area contributed by atoms with Gasteiger partial charge in [0.05, 0.1) is 0 Å². The van der Waals surface area contributed by atoms with E-state index in [9.17, 15) is 4.79 Å². The van der Waals surface area contributed by atoms with Crippen molar-refractivity contribution < 1.29 is 9.90 Å². The van der Waals surface area contributed by atoms with Crippen LogP contribution in [0.25, 0.3) is 0 Å². The number of amides is 1. The molecule has 0 unspecified atom stereocenters. The second-order valence-corrected chi connectivity index (χ2v) is 4.66. The first-order valence-corrected chi connectivity index (χ1v) is 5.97. The van der Waals surface area contributed by atoms with Crippen LogP contribution in [0.5, 0.6) is 0 Å². The molecule has 0 atom stereocenters. The summed E-state index contributed by atoms with van der Waals surface area (Å²) in [4.78, 5) is 12.3. The first kappa shape index (κ1) is 11.8. The van der Waals surface area contributed by atoms with E-state index in [1.54, 1.807) is 0 Å². The third-order valence-corrected chi connectivity index (χ3v) is 3.36. The second kappa shape index (κ2) is 5.08. The topological polar surface area (TPSA) is 66.6 Å². The summed E-state index contributed by atoms with van der Waals surface area (Å²) in [5.41, 5.74) is 7.79. The summed E-state index contributed by atoms with van der Waals surface area (Å²) >= 11 is 0. The van der Waals surface area contributed by atoms with E-state index in [4.69, 9.17) is 10.8 Å². The third kappa shape index (κ3) is 3.12. The first-order chi connectivity index (χ1) is 8.15. The van der Waals surface area contributed by atoms with E-state index in [2.05, 4.69) is 6.07 Å². The van der Waals surface area contributed by atoms with Crippen LogP contribution in [-0.4, -0.2) is 29.2 Å². The Labute approximate surface area is 101 Å². The molecule has 4 heteroatoms. The summed E-state index contributed by atoms with van der Waals surface area (Å²) in [6, 6.07) is 7.94. The lowest BCUT2D eigenvalue weighted by molar-refractivity contribution is 0.124. The highest BCUT2D eigenvalue weighted by Crippen LogP contribution is 2.22. The van der Waals surface area contributed by atoms with Gasteiger partial charge in [-0.3, -0.25) is 0 Å². The van der Waals surface area contributed by atoms with Gasteiger partial charge in [-0.25, -0.2) is 4.79 Å². The molecule has 0 saturated carbocycles. The van der Waals surface area contributed by atoms with Crippen LogP contribution in [0.1, 0.15) is 18.4 Å². The number of rotatable bonds is 2. The zero-order valence-corrected chi connectivity index (χ0v) is 9.80. The maximum Gasteiger partial charge on any atom is 0.407 e. The van der Waals surface area contributed by atoms with Gasteiger partial charge in [0.2, 0.25) is 0 Å². The Kier molecular flexibility index (Phi) is 3.52. The summed E-state index contributed by atoms with van der Waals surface area (Å²) in [5.74, 6) is 0.576. The molecule has 4 nitrogen and oxygen atoms in total. The number of piperidine rings is 1. The Bertz CT molecular complexity index is 398. The number of hydrogen-bond acceptors (Lipinski definition) is 2. The van der Waals surface area contributed by atoms with Crippen molar-refractivity contribution in [3.05, 3.63) is 29.8 Å². The number of anilines is 1. The van der Waals surface area contributed by atoms with Gasteiger partial charge >= 0.3 is 6.09 Å². The minimum absolute atomic E-state index is 0.576. The number of carboxylic acid groups (broad SMARTS) is 1. The summed E-state index contributed by atoms with van der Waals surface area (Å²) in [7, 11) is 0. The maximum absolute atomic E-state index is 10.8. The van der Waals surface area contributed by atoms with Gasteiger partial charge in [-0.05, 0) is 42.9 Å². The molecule has 92 valence electrons. The molecular weight excluding hydrogens is 216 g/mol. The number of nitrogen functional groups attached to an aromatic ring is 1. The molecule has 2 rings (SSSR count). The molecule has 0 aromatic heterocycles. The van der Waals surface area contributed by atoms with Crippen molar-refractivity contribution in [1.29, 1.82) is 0 Å². The lowest BCUT2D eigenvalue weighted by Gasteiger charge is -2.30. The number of hydrogen-bond donors (Lipinski definition) is 2. The molecule has 17 heavy (non-hydrogen) atoms. The Morgan fingerprint density at radius 1 is 1.41 bits per heavy atom. The van der Waals surface area contributed by atoms with E-state index in [-0.39, 0.29) is 0 Å². The normalized spacial score (nSPS) is 17.1. The molecule has 1 amide bonds. The summed E-state index contributed by atoms with van der Waals surface area (Å²) in [5, 5.41) is 8.86. The minimum Gasteiger partial charge on any atom is -0.465 e. The smallest absolute Gasteiger partial charge is 0.407 e. The minimum atomic E-state index is -0.799. The van der Waals surface area contributed by atoms with Gasteiger partial charge < -0.3 is 15.7 Å².